The van der Waals surface area contributed by atoms with Gasteiger partial charge in [0.15, 0.2) is 0 Å². The first-order valence-corrected chi connectivity index (χ1v) is 12.2. The van der Waals surface area contributed by atoms with Crippen LogP contribution in [0.25, 0.3) is 0 Å². The number of carbonyl (C=O) groups is 1. The van der Waals surface area contributed by atoms with Crippen LogP contribution in [0.15, 0.2) is 24.5 Å². The Labute approximate surface area is 205 Å². The van der Waals surface area contributed by atoms with Crippen molar-refractivity contribution < 1.29 is 23.4 Å². The molecular formula is C25H34FN5O4. The number of ether oxygens (including phenoxy) is 3. The number of aromatic nitrogens is 2. The average Bonchev–Trinajstić information content (AvgIpc) is 3.35. The van der Waals surface area contributed by atoms with E-state index in [1.54, 1.807) is 11.0 Å². The van der Waals surface area contributed by atoms with E-state index in [1.165, 1.54) is 12.4 Å². The van der Waals surface area contributed by atoms with Crippen LogP contribution in [0.1, 0.15) is 45.1 Å². The van der Waals surface area contributed by atoms with E-state index in [9.17, 15) is 9.18 Å². The fraction of sp³-hybridized carbons (Fsp3) is 0.560. The number of likely N-dealkylation sites (tertiary alicyclic amines) is 1. The molecule has 1 amide bonds. The number of amides is 1. The molecule has 1 atom stereocenters. The predicted molar refractivity (Wildman–Crippen MR) is 131 cm³/mol. The van der Waals surface area contributed by atoms with Crippen molar-refractivity contribution in [3.8, 4) is 5.88 Å². The summed E-state index contributed by atoms with van der Waals surface area (Å²) in [5.41, 5.74) is 1.71. The maximum absolute atomic E-state index is 14.8. The lowest BCUT2D eigenvalue weighted by molar-refractivity contribution is 0.0505. The van der Waals surface area contributed by atoms with Gasteiger partial charge in [0, 0.05) is 44.8 Å². The van der Waals surface area contributed by atoms with Gasteiger partial charge in [0.25, 0.3) is 0 Å². The number of hydrogen-bond donors (Lipinski definition) is 2. The molecule has 2 aromatic rings. The van der Waals surface area contributed by atoms with Gasteiger partial charge in [-0.1, -0.05) is 0 Å². The lowest BCUT2D eigenvalue weighted by Crippen LogP contribution is -2.42. The highest BCUT2D eigenvalue weighted by Crippen LogP contribution is 2.28. The van der Waals surface area contributed by atoms with Gasteiger partial charge >= 0.3 is 6.09 Å². The fourth-order valence-corrected chi connectivity index (χ4v) is 4.16. The molecule has 35 heavy (non-hydrogen) atoms. The second kappa shape index (κ2) is 11.5. The molecule has 0 bridgehead atoms. The van der Waals surface area contributed by atoms with Crippen molar-refractivity contribution >= 4 is 23.3 Å². The molecule has 0 spiro atoms. The lowest BCUT2D eigenvalue weighted by atomic mass is 10.1. The highest BCUT2D eigenvalue weighted by molar-refractivity contribution is 5.68. The number of nitrogens with zero attached hydrogens (tertiary/aromatic N) is 3. The van der Waals surface area contributed by atoms with Crippen molar-refractivity contribution in [3.05, 3.63) is 35.9 Å². The summed E-state index contributed by atoms with van der Waals surface area (Å²) < 4.78 is 31.8. The Morgan fingerprint density at radius 2 is 2.06 bits per heavy atom. The van der Waals surface area contributed by atoms with Crippen molar-refractivity contribution in [1.29, 1.82) is 0 Å². The Morgan fingerprint density at radius 1 is 1.26 bits per heavy atom. The molecule has 2 aliphatic heterocycles. The van der Waals surface area contributed by atoms with Gasteiger partial charge in [0.2, 0.25) is 5.88 Å². The summed E-state index contributed by atoms with van der Waals surface area (Å²) in [5.74, 6) is 0.538. The molecule has 1 aromatic carbocycles. The van der Waals surface area contributed by atoms with Crippen molar-refractivity contribution in [1.82, 2.24) is 14.9 Å². The summed E-state index contributed by atoms with van der Waals surface area (Å²) >= 11 is 0. The molecule has 3 heterocycles. The molecule has 0 radical (unpaired) electrons. The number of anilines is 3. The average molecular weight is 488 g/mol. The Morgan fingerprint density at radius 3 is 2.74 bits per heavy atom. The number of hydrogen-bond acceptors (Lipinski definition) is 8. The predicted octanol–water partition coefficient (Wildman–Crippen LogP) is 4.65. The number of rotatable bonds is 8. The zero-order valence-corrected chi connectivity index (χ0v) is 20.6. The number of piperidine rings is 1. The van der Waals surface area contributed by atoms with Crippen LogP contribution in [0.5, 0.6) is 5.88 Å². The van der Waals surface area contributed by atoms with Gasteiger partial charge < -0.3 is 29.7 Å². The van der Waals surface area contributed by atoms with Crippen LogP contribution in [0, 0.1) is 12.7 Å². The highest BCUT2D eigenvalue weighted by Gasteiger charge is 2.26. The molecule has 4 rings (SSSR count). The maximum Gasteiger partial charge on any atom is 0.410 e. The zero-order valence-electron chi connectivity index (χ0n) is 20.6. The minimum atomic E-state index is -0.386. The normalized spacial score (nSPS) is 18.5. The van der Waals surface area contributed by atoms with Crippen LogP contribution in [0.2, 0.25) is 0 Å². The number of nitrogens with one attached hydrogen (secondary N) is 2. The summed E-state index contributed by atoms with van der Waals surface area (Å²) in [6.07, 6.45) is 4.51. The van der Waals surface area contributed by atoms with Crippen molar-refractivity contribution in [3.63, 3.8) is 0 Å². The SMILES string of the molecule is Cc1c(Nc2ccc(NCC3CCCO3)cc2F)ncnc1OC1CCN(C(=O)OC(C)C)CC1. The number of halogens is 1. The highest BCUT2D eigenvalue weighted by atomic mass is 19.1. The van der Waals surface area contributed by atoms with Crippen molar-refractivity contribution in [2.24, 2.45) is 0 Å². The standard InChI is InChI=1S/C25H34FN5O4/c1-16(2)34-25(32)31-10-8-19(9-11-31)35-24-17(3)23(28-15-29-24)30-22-7-6-18(13-21(22)26)27-14-20-5-4-12-33-20/h6-7,13,15-16,19-20,27H,4-5,8-12,14H2,1-3H3,(H,28,29,30). The van der Waals surface area contributed by atoms with E-state index < -0.39 is 0 Å². The quantitative estimate of drug-likeness (QED) is 0.556. The Balaban J connectivity index is 1.33. The molecule has 9 nitrogen and oxygen atoms in total. The van der Waals surface area contributed by atoms with Crippen molar-refractivity contribution in [2.75, 3.05) is 36.9 Å². The molecule has 2 saturated heterocycles. The van der Waals surface area contributed by atoms with Crippen LogP contribution in [0.3, 0.4) is 0 Å². The van der Waals surface area contributed by atoms with Crippen LogP contribution in [-0.4, -0.2) is 65.5 Å². The van der Waals surface area contributed by atoms with E-state index in [0.717, 1.165) is 19.4 Å². The van der Waals surface area contributed by atoms with E-state index in [2.05, 4.69) is 20.6 Å². The van der Waals surface area contributed by atoms with Gasteiger partial charge in [-0.2, -0.15) is 0 Å². The van der Waals surface area contributed by atoms with Gasteiger partial charge in [-0.15, -0.1) is 0 Å². The van der Waals surface area contributed by atoms with E-state index >= 15 is 0 Å². The van der Waals surface area contributed by atoms with Crippen LogP contribution < -0.4 is 15.4 Å². The minimum absolute atomic E-state index is 0.0782. The van der Waals surface area contributed by atoms with Crippen LogP contribution >= 0.6 is 0 Å². The topological polar surface area (TPSA) is 97.8 Å². The first kappa shape index (κ1) is 25.0. The zero-order chi connectivity index (χ0) is 24.8. The van der Waals surface area contributed by atoms with Crippen LogP contribution in [-0.2, 0) is 9.47 Å². The first-order chi connectivity index (χ1) is 16.9. The molecule has 1 unspecified atom stereocenters. The lowest BCUT2D eigenvalue weighted by Gasteiger charge is -2.32. The summed E-state index contributed by atoms with van der Waals surface area (Å²) in [4.78, 5) is 22.3. The number of benzene rings is 1. The van der Waals surface area contributed by atoms with Crippen molar-refractivity contribution in [2.45, 2.75) is 64.8 Å². The molecule has 0 saturated carbocycles. The van der Waals surface area contributed by atoms with E-state index in [1.807, 2.05) is 26.8 Å². The van der Waals surface area contributed by atoms with Gasteiger partial charge in [0.1, 0.15) is 24.1 Å². The molecule has 2 aliphatic rings. The Bertz CT molecular complexity index is 1010. The second-order valence-corrected chi connectivity index (χ2v) is 9.22. The van der Waals surface area contributed by atoms with E-state index in [4.69, 9.17) is 14.2 Å². The summed E-state index contributed by atoms with van der Waals surface area (Å²) in [7, 11) is 0. The maximum atomic E-state index is 14.8. The van der Waals surface area contributed by atoms with Gasteiger partial charge in [-0.25, -0.2) is 19.2 Å². The summed E-state index contributed by atoms with van der Waals surface area (Å²) in [5, 5.41) is 6.29. The smallest absolute Gasteiger partial charge is 0.410 e. The fourth-order valence-electron chi connectivity index (χ4n) is 4.16. The van der Waals surface area contributed by atoms with Gasteiger partial charge in [-0.3, -0.25) is 0 Å². The van der Waals surface area contributed by atoms with Gasteiger partial charge in [-0.05, 0) is 51.8 Å². The monoisotopic (exact) mass is 487 g/mol. The molecule has 10 heteroatoms. The summed E-state index contributed by atoms with van der Waals surface area (Å²) in [6, 6.07) is 4.97. The number of carbonyl (C=O) groups excluding carboxylic acids is 1. The molecule has 190 valence electrons. The summed E-state index contributed by atoms with van der Waals surface area (Å²) in [6.45, 7) is 8.08. The third-order valence-electron chi connectivity index (χ3n) is 6.13. The minimum Gasteiger partial charge on any atom is -0.474 e. The molecule has 2 fully saturated rings. The van der Waals surface area contributed by atoms with E-state index in [0.29, 0.717) is 61.1 Å². The van der Waals surface area contributed by atoms with Gasteiger partial charge in [0.05, 0.1) is 23.5 Å². The second-order valence-electron chi connectivity index (χ2n) is 9.22. The van der Waals surface area contributed by atoms with Crippen LogP contribution in [0.4, 0.5) is 26.4 Å². The largest absolute Gasteiger partial charge is 0.474 e. The Kier molecular flexibility index (Phi) is 8.22. The third kappa shape index (κ3) is 6.72. The molecular weight excluding hydrogens is 453 g/mol. The first-order valence-electron chi connectivity index (χ1n) is 12.2. The molecule has 1 aromatic heterocycles. The molecule has 2 N–H and O–H groups in total. The third-order valence-corrected chi connectivity index (χ3v) is 6.13. The Hall–Kier alpha value is -3.14. The molecule has 0 aliphatic carbocycles. The van der Waals surface area contributed by atoms with E-state index in [-0.39, 0.29) is 30.2 Å².